The lowest BCUT2D eigenvalue weighted by Crippen LogP contribution is -2.59. The summed E-state index contributed by atoms with van der Waals surface area (Å²) in [6.45, 7) is 3.41. The quantitative estimate of drug-likeness (QED) is 0.0273. The van der Waals surface area contributed by atoms with Crippen LogP contribution in [-0.4, -0.2) is 89.0 Å². The molecule has 1 aliphatic heterocycles. The maximum atomic E-state index is 12.8. The second kappa shape index (κ2) is 35.8. The Morgan fingerprint density at radius 3 is 1.46 bits per heavy atom. The van der Waals surface area contributed by atoms with Gasteiger partial charge in [0.15, 0.2) is 12.4 Å². The molecule has 0 aromatic heterocycles. The van der Waals surface area contributed by atoms with Crippen molar-refractivity contribution in [3.05, 3.63) is 12.2 Å². The van der Waals surface area contributed by atoms with Gasteiger partial charge in [-0.1, -0.05) is 161 Å². The smallest absolute Gasteiger partial charge is 0.306 e. The van der Waals surface area contributed by atoms with Gasteiger partial charge >= 0.3 is 11.9 Å². The van der Waals surface area contributed by atoms with E-state index >= 15 is 0 Å². The third-order valence-electron chi connectivity index (χ3n) is 10.4. The highest BCUT2D eigenvalue weighted by molar-refractivity contribution is 5.70. The molecule has 318 valence electrons. The molecule has 1 heterocycles. The van der Waals surface area contributed by atoms with Crippen molar-refractivity contribution in [1.82, 2.24) is 0 Å². The first-order valence-electron chi connectivity index (χ1n) is 22.3. The Balaban J connectivity index is 2.33. The molecule has 1 aliphatic rings. The summed E-state index contributed by atoms with van der Waals surface area (Å²) >= 11 is 0. The van der Waals surface area contributed by atoms with E-state index in [1.165, 1.54) is 116 Å². The first-order valence-corrected chi connectivity index (χ1v) is 22.3. The number of unbranched alkanes of at least 4 members (excludes halogenated alkanes) is 24. The fraction of sp³-hybridized carbons (Fsp3) is 0.909. The predicted molar refractivity (Wildman–Crippen MR) is 215 cm³/mol. The number of hydrogen-bond donors (Lipinski definition) is 4. The van der Waals surface area contributed by atoms with Crippen LogP contribution in [0.15, 0.2) is 12.2 Å². The molecule has 0 spiro atoms. The van der Waals surface area contributed by atoms with Crippen LogP contribution in [0.5, 0.6) is 0 Å². The zero-order chi connectivity index (χ0) is 39.5. The summed E-state index contributed by atoms with van der Waals surface area (Å²) in [4.78, 5) is 25.3. The Kier molecular flexibility index (Phi) is 33.5. The maximum Gasteiger partial charge on any atom is 0.306 e. The SMILES string of the molecule is CCCCCCCC/C=C/CCCCCC(=O)OC[C@H](CO[C@@H]1O[C@H](CO)[C@H](O)C(O)C1O)OC(=O)CCCCCCCCCCCCCCCCCC. The number of aliphatic hydroxyl groups excluding tert-OH is 4. The minimum Gasteiger partial charge on any atom is -0.462 e. The molecular weight excluding hydrogens is 688 g/mol. The number of esters is 2. The number of aliphatic hydroxyl groups is 4. The van der Waals surface area contributed by atoms with Gasteiger partial charge < -0.3 is 39.4 Å². The third-order valence-corrected chi connectivity index (χ3v) is 10.4. The average molecular weight is 771 g/mol. The number of carbonyl (C=O) groups excluding carboxylic acids is 2. The van der Waals surface area contributed by atoms with Gasteiger partial charge in [-0.15, -0.1) is 0 Å². The molecule has 1 saturated heterocycles. The molecule has 0 radical (unpaired) electrons. The lowest BCUT2D eigenvalue weighted by molar-refractivity contribution is -0.305. The lowest BCUT2D eigenvalue weighted by Gasteiger charge is -2.39. The molecule has 0 amide bonds. The van der Waals surface area contributed by atoms with Crippen molar-refractivity contribution >= 4 is 11.9 Å². The van der Waals surface area contributed by atoms with Crippen LogP contribution >= 0.6 is 0 Å². The molecule has 2 unspecified atom stereocenters. The molecule has 10 heteroatoms. The molecule has 0 saturated carbocycles. The molecule has 0 aliphatic carbocycles. The summed E-state index contributed by atoms with van der Waals surface area (Å²) < 4.78 is 22.1. The molecule has 1 fully saturated rings. The van der Waals surface area contributed by atoms with E-state index in [-0.39, 0.29) is 32.0 Å². The van der Waals surface area contributed by atoms with Gasteiger partial charge in [0.1, 0.15) is 31.0 Å². The Morgan fingerprint density at radius 1 is 0.556 bits per heavy atom. The largest absolute Gasteiger partial charge is 0.462 e. The molecule has 0 bridgehead atoms. The summed E-state index contributed by atoms with van der Waals surface area (Å²) in [7, 11) is 0. The van der Waals surface area contributed by atoms with Gasteiger partial charge in [-0.25, -0.2) is 0 Å². The number of allylic oxidation sites excluding steroid dienone is 2. The maximum absolute atomic E-state index is 12.8. The van der Waals surface area contributed by atoms with Gasteiger partial charge in [0.05, 0.1) is 13.2 Å². The van der Waals surface area contributed by atoms with Gasteiger partial charge in [-0.3, -0.25) is 9.59 Å². The molecule has 0 aromatic carbocycles. The highest BCUT2D eigenvalue weighted by atomic mass is 16.7. The van der Waals surface area contributed by atoms with Crippen LogP contribution in [0.4, 0.5) is 0 Å². The molecule has 1 rings (SSSR count). The summed E-state index contributed by atoms with van der Waals surface area (Å²) in [6.07, 6.45) is 29.3. The van der Waals surface area contributed by atoms with E-state index < -0.39 is 49.4 Å². The van der Waals surface area contributed by atoms with E-state index in [0.717, 1.165) is 44.9 Å². The Bertz CT molecular complexity index is 897. The van der Waals surface area contributed by atoms with Crippen molar-refractivity contribution in [2.24, 2.45) is 0 Å². The summed E-state index contributed by atoms with van der Waals surface area (Å²) in [5, 5.41) is 40.0. The van der Waals surface area contributed by atoms with Crippen molar-refractivity contribution in [3.63, 3.8) is 0 Å². The van der Waals surface area contributed by atoms with Crippen molar-refractivity contribution in [2.45, 2.75) is 237 Å². The predicted octanol–water partition coefficient (Wildman–Crippen LogP) is 9.17. The first-order chi connectivity index (χ1) is 26.3. The van der Waals surface area contributed by atoms with Gasteiger partial charge in [0.25, 0.3) is 0 Å². The summed E-state index contributed by atoms with van der Waals surface area (Å²) in [5.41, 5.74) is 0. The van der Waals surface area contributed by atoms with Crippen LogP contribution in [0.3, 0.4) is 0 Å². The Hall–Kier alpha value is -1.56. The normalized spacial score (nSPS) is 20.7. The lowest BCUT2D eigenvalue weighted by atomic mass is 9.99. The van der Waals surface area contributed by atoms with E-state index in [9.17, 15) is 30.0 Å². The first kappa shape index (κ1) is 50.5. The second-order valence-electron chi connectivity index (χ2n) is 15.5. The fourth-order valence-corrected chi connectivity index (χ4v) is 6.83. The molecule has 4 N–H and O–H groups in total. The van der Waals surface area contributed by atoms with Crippen LogP contribution in [0.2, 0.25) is 0 Å². The fourth-order valence-electron chi connectivity index (χ4n) is 6.83. The van der Waals surface area contributed by atoms with Gasteiger partial charge in [0, 0.05) is 12.8 Å². The summed E-state index contributed by atoms with van der Waals surface area (Å²) in [5.74, 6) is -0.816. The summed E-state index contributed by atoms with van der Waals surface area (Å²) in [6, 6.07) is 0. The van der Waals surface area contributed by atoms with Gasteiger partial charge in [-0.2, -0.15) is 0 Å². The van der Waals surface area contributed by atoms with E-state index in [2.05, 4.69) is 26.0 Å². The topological polar surface area (TPSA) is 152 Å². The molecule has 6 atom stereocenters. The van der Waals surface area contributed by atoms with Crippen LogP contribution < -0.4 is 0 Å². The second-order valence-corrected chi connectivity index (χ2v) is 15.5. The van der Waals surface area contributed by atoms with E-state index in [0.29, 0.717) is 12.8 Å². The number of hydrogen-bond acceptors (Lipinski definition) is 10. The number of ether oxygens (including phenoxy) is 4. The molecular formula is C44H82O10. The minimum atomic E-state index is -1.59. The Morgan fingerprint density at radius 2 is 0.981 bits per heavy atom. The van der Waals surface area contributed by atoms with Crippen molar-refractivity contribution in [3.8, 4) is 0 Å². The van der Waals surface area contributed by atoms with E-state index in [1.54, 1.807) is 0 Å². The third kappa shape index (κ3) is 27.1. The number of carbonyl (C=O) groups is 2. The van der Waals surface area contributed by atoms with Crippen LogP contribution in [0, 0.1) is 0 Å². The number of rotatable bonds is 37. The van der Waals surface area contributed by atoms with Crippen molar-refractivity contribution in [2.75, 3.05) is 19.8 Å². The molecule has 10 nitrogen and oxygen atoms in total. The highest BCUT2D eigenvalue weighted by Crippen LogP contribution is 2.23. The van der Waals surface area contributed by atoms with Gasteiger partial charge in [0.2, 0.25) is 0 Å². The monoisotopic (exact) mass is 771 g/mol. The van der Waals surface area contributed by atoms with E-state index in [4.69, 9.17) is 18.9 Å². The Labute approximate surface area is 329 Å². The average Bonchev–Trinajstić information content (AvgIpc) is 3.17. The van der Waals surface area contributed by atoms with Crippen LogP contribution in [0.1, 0.15) is 200 Å². The highest BCUT2D eigenvalue weighted by Gasteiger charge is 2.44. The van der Waals surface area contributed by atoms with E-state index in [1.807, 2.05) is 0 Å². The van der Waals surface area contributed by atoms with Crippen molar-refractivity contribution in [1.29, 1.82) is 0 Å². The van der Waals surface area contributed by atoms with Crippen LogP contribution in [-0.2, 0) is 28.5 Å². The zero-order valence-corrected chi connectivity index (χ0v) is 34.5. The van der Waals surface area contributed by atoms with Crippen molar-refractivity contribution < 1.29 is 49.0 Å². The molecule has 54 heavy (non-hydrogen) atoms. The standard InChI is InChI=1S/C44H82O10/c1-3-5-7-9-11-13-15-17-18-19-21-23-25-27-29-31-33-40(47)53-37(36-52-44-43(50)42(49)41(48)38(34-45)54-44)35-51-39(46)32-30-28-26-24-22-20-16-14-12-10-8-6-4-2/h20,22,37-38,41-45,48-50H,3-19,21,23-36H2,1-2H3/b22-20+/t37-,38-,41+,42?,43?,44-/m1/s1. The molecule has 0 aromatic rings. The minimum absolute atomic E-state index is 0.220. The van der Waals surface area contributed by atoms with Crippen LogP contribution in [0.25, 0.3) is 0 Å². The van der Waals surface area contributed by atoms with Gasteiger partial charge in [-0.05, 0) is 38.5 Å². The zero-order valence-electron chi connectivity index (χ0n) is 34.5.